The van der Waals surface area contributed by atoms with E-state index < -0.39 is 0 Å². The molecule has 1 aromatic carbocycles. The zero-order valence-electron chi connectivity index (χ0n) is 15.9. The first-order valence-electron chi connectivity index (χ1n) is 9.02. The molecule has 138 valence electrons. The molecule has 0 aliphatic rings. The van der Waals surface area contributed by atoms with Gasteiger partial charge in [0, 0.05) is 48.7 Å². The number of aliphatic imine (C=N–C) groups is 1. The number of benzene rings is 1. The Bertz CT molecular complexity index is 873. The summed E-state index contributed by atoms with van der Waals surface area (Å²) in [6.07, 6.45) is 3.02. The number of fused-ring (bicyclic) bond motifs is 1. The van der Waals surface area contributed by atoms with Crippen LogP contribution in [-0.2, 0) is 6.42 Å². The van der Waals surface area contributed by atoms with Gasteiger partial charge in [0.2, 0.25) is 0 Å². The maximum atomic E-state index is 5.26. The van der Waals surface area contributed by atoms with Crippen LogP contribution in [0.1, 0.15) is 35.4 Å². The molecule has 2 heterocycles. The minimum absolute atomic E-state index is 0.299. The van der Waals surface area contributed by atoms with E-state index >= 15 is 0 Å². The summed E-state index contributed by atoms with van der Waals surface area (Å²) in [6, 6.07) is 8.37. The van der Waals surface area contributed by atoms with Gasteiger partial charge < -0.3 is 20.1 Å². The van der Waals surface area contributed by atoms with E-state index in [1.54, 1.807) is 7.05 Å². The van der Waals surface area contributed by atoms with Crippen LogP contribution in [0.5, 0.6) is 0 Å². The van der Waals surface area contributed by atoms with Crippen molar-refractivity contribution in [2.24, 2.45) is 4.99 Å². The number of para-hydroxylation sites is 1. The Labute approximate surface area is 154 Å². The number of hydrogen-bond donors (Lipinski definition) is 3. The molecule has 3 rings (SSSR count). The van der Waals surface area contributed by atoms with E-state index in [9.17, 15) is 0 Å². The molecule has 26 heavy (non-hydrogen) atoms. The highest BCUT2D eigenvalue weighted by atomic mass is 16.5. The smallest absolute Gasteiger partial charge is 0.191 e. The lowest BCUT2D eigenvalue weighted by molar-refractivity contribution is 0.391. The van der Waals surface area contributed by atoms with Crippen LogP contribution in [-0.4, -0.2) is 36.2 Å². The highest BCUT2D eigenvalue weighted by Gasteiger charge is 2.16. The van der Waals surface area contributed by atoms with Crippen LogP contribution < -0.4 is 10.6 Å². The van der Waals surface area contributed by atoms with Gasteiger partial charge in [0.15, 0.2) is 5.96 Å². The molecule has 6 heteroatoms. The quantitative estimate of drug-likeness (QED) is 0.469. The van der Waals surface area contributed by atoms with Gasteiger partial charge in [0.25, 0.3) is 0 Å². The third-order valence-corrected chi connectivity index (χ3v) is 4.74. The fourth-order valence-electron chi connectivity index (χ4n) is 3.42. The predicted molar refractivity (Wildman–Crippen MR) is 106 cm³/mol. The van der Waals surface area contributed by atoms with E-state index in [-0.39, 0.29) is 0 Å². The van der Waals surface area contributed by atoms with Crippen molar-refractivity contribution >= 4 is 16.9 Å². The average molecular weight is 353 g/mol. The van der Waals surface area contributed by atoms with Crippen LogP contribution in [0, 0.1) is 13.8 Å². The van der Waals surface area contributed by atoms with Gasteiger partial charge >= 0.3 is 0 Å². The van der Waals surface area contributed by atoms with Gasteiger partial charge in [0.1, 0.15) is 5.76 Å². The van der Waals surface area contributed by atoms with Crippen LogP contribution in [0.15, 0.2) is 40.0 Å². The van der Waals surface area contributed by atoms with E-state index in [2.05, 4.69) is 57.1 Å². The lowest BCUT2D eigenvalue weighted by Gasteiger charge is -2.16. The Balaban J connectivity index is 1.51. The second-order valence-electron chi connectivity index (χ2n) is 6.63. The summed E-state index contributed by atoms with van der Waals surface area (Å²) in [5.74, 6) is 2.00. The number of rotatable bonds is 6. The summed E-state index contributed by atoms with van der Waals surface area (Å²) in [5.41, 5.74) is 4.62. The molecule has 2 aromatic heterocycles. The number of aromatic nitrogens is 2. The average Bonchev–Trinajstić information content (AvgIpc) is 3.21. The fourth-order valence-corrected chi connectivity index (χ4v) is 3.42. The largest absolute Gasteiger partial charge is 0.361 e. The maximum absolute atomic E-state index is 5.26. The van der Waals surface area contributed by atoms with Crippen molar-refractivity contribution in [1.29, 1.82) is 0 Å². The first kappa shape index (κ1) is 18.0. The molecule has 0 aliphatic carbocycles. The molecule has 0 aliphatic heterocycles. The van der Waals surface area contributed by atoms with Crippen molar-refractivity contribution in [2.75, 3.05) is 20.1 Å². The molecular formula is C20H27N5O. The summed E-state index contributed by atoms with van der Waals surface area (Å²) < 4.78 is 5.26. The summed E-state index contributed by atoms with van der Waals surface area (Å²) in [5, 5.41) is 12.1. The van der Waals surface area contributed by atoms with Crippen LogP contribution in [0.3, 0.4) is 0 Å². The van der Waals surface area contributed by atoms with E-state index in [0.29, 0.717) is 5.92 Å². The van der Waals surface area contributed by atoms with Crippen molar-refractivity contribution < 1.29 is 4.52 Å². The standard InChI is InChI=1S/C20H27N5O/c1-13(19-14(2)25-26-15(19)3)11-24-20(21-4)22-10-9-16-12-23-18-8-6-5-7-17(16)18/h5-8,12-13,23H,9-11H2,1-4H3,(H2,21,22,24). The van der Waals surface area contributed by atoms with Crippen molar-refractivity contribution in [3.63, 3.8) is 0 Å². The summed E-state index contributed by atoms with van der Waals surface area (Å²) >= 11 is 0. The van der Waals surface area contributed by atoms with Crippen molar-refractivity contribution in [1.82, 2.24) is 20.8 Å². The van der Waals surface area contributed by atoms with E-state index in [0.717, 1.165) is 36.9 Å². The van der Waals surface area contributed by atoms with Crippen molar-refractivity contribution in [2.45, 2.75) is 33.1 Å². The number of aromatic amines is 1. The van der Waals surface area contributed by atoms with E-state index in [1.165, 1.54) is 22.0 Å². The van der Waals surface area contributed by atoms with Crippen LogP contribution in [0.2, 0.25) is 0 Å². The highest BCUT2D eigenvalue weighted by Crippen LogP contribution is 2.22. The molecule has 0 radical (unpaired) electrons. The van der Waals surface area contributed by atoms with Crippen LogP contribution in [0.25, 0.3) is 10.9 Å². The first-order chi connectivity index (χ1) is 12.6. The third kappa shape index (κ3) is 3.90. The Kier molecular flexibility index (Phi) is 5.61. The van der Waals surface area contributed by atoms with Gasteiger partial charge in [-0.15, -0.1) is 0 Å². The van der Waals surface area contributed by atoms with Gasteiger partial charge in [0.05, 0.1) is 5.69 Å². The molecule has 0 saturated heterocycles. The van der Waals surface area contributed by atoms with Crippen molar-refractivity contribution in [3.05, 3.63) is 53.0 Å². The molecule has 0 spiro atoms. The zero-order valence-corrected chi connectivity index (χ0v) is 15.9. The third-order valence-electron chi connectivity index (χ3n) is 4.74. The predicted octanol–water partition coefficient (Wildman–Crippen LogP) is 3.28. The van der Waals surface area contributed by atoms with Crippen molar-refractivity contribution in [3.8, 4) is 0 Å². The highest BCUT2D eigenvalue weighted by molar-refractivity contribution is 5.83. The second-order valence-corrected chi connectivity index (χ2v) is 6.63. The second kappa shape index (κ2) is 8.08. The molecule has 0 fully saturated rings. The Morgan fingerprint density at radius 3 is 2.81 bits per heavy atom. The number of H-pyrrole nitrogens is 1. The zero-order chi connectivity index (χ0) is 18.5. The summed E-state index contributed by atoms with van der Waals surface area (Å²) in [4.78, 5) is 7.63. The molecule has 0 amide bonds. The number of guanidine groups is 1. The molecule has 0 bridgehead atoms. The van der Waals surface area contributed by atoms with Crippen LogP contribution >= 0.6 is 0 Å². The van der Waals surface area contributed by atoms with Gasteiger partial charge in [-0.2, -0.15) is 0 Å². The van der Waals surface area contributed by atoms with E-state index in [4.69, 9.17) is 4.52 Å². The molecule has 1 unspecified atom stereocenters. The van der Waals surface area contributed by atoms with E-state index in [1.807, 2.05) is 19.9 Å². The SMILES string of the molecule is CN=C(NCCc1c[nH]c2ccccc12)NCC(C)c1c(C)noc1C. The Morgan fingerprint density at radius 2 is 2.08 bits per heavy atom. The summed E-state index contributed by atoms with van der Waals surface area (Å²) in [7, 11) is 1.79. The minimum Gasteiger partial charge on any atom is -0.361 e. The number of aryl methyl sites for hydroxylation is 2. The lowest BCUT2D eigenvalue weighted by Crippen LogP contribution is -2.40. The molecule has 3 N–H and O–H groups in total. The number of hydrogen-bond acceptors (Lipinski definition) is 3. The van der Waals surface area contributed by atoms with Gasteiger partial charge in [-0.3, -0.25) is 4.99 Å². The van der Waals surface area contributed by atoms with Gasteiger partial charge in [-0.1, -0.05) is 30.3 Å². The Hall–Kier alpha value is -2.76. The maximum Gasteiger partial charge on any atom is 0.191 e. The molecule has 1 atom stereocenters. The molecule has 3 aromatic rings. The summed E-state index contributed by atoms with van der Waals surface area (Å²) in [6.45, 7) is 7.70. The molecule has 0 saturated carbocycles. The number of nitrogens with one attached hydrogen (secondary N) is 3. The lowest BCUT2D eigenvalue weighted by atomic mass is 10.00. The molecule has 6 nitrogen and oxygen atoms in total. The molecular weight excluding hydrogens is 326 g/mol. The topological polar surface area (TPSA) is 78.2 Å². The van der Waals surface area contributed by atoms with Gasteiger partial charge in [-0.25, -0.2) is 0 Å². The normalized spacial score (nSPS) is 13.2. The van der Waals surface area contributed by atoms with Gasteiger partial charge in [-0.05, 0) is 31.9 Å². The minimum atomic E-state index is 0.299. The fraction of sp³-hybridized carbons (Fsp3) is 0.400. The Morgan fingerprint density at radius 1 is 1.27 bits per heavy atom. The van der Waals surface area contributed by atoms with Crippen LogP contribution in [0.4, 0.5) is 0 Å². The monoisotopic (exact) mass is 353 g/mol. The number of nitrogens with zero attached hydrogens (tertiary/aromatic N) is 2. The first-order valence-corrected chi connectivity index (χ1v) is 9.02.